The van der Waals surface area contributed by atoms with Crippen LogP contribution in [-0.2, 0) is 13.0 Å². The van der Waals surface area contributed by atoms with E-state index in [9.17, 15) is 9.59 Å². The first-order valence-corrected chi connectivity index (χ1v) is 13.2. The minimum atomic E-state index is -0.407. The number of ether oxygens (including phenoxy) is 1. The van der Waals surface area contributed by atoms with Crippen LogP contribution in [-0.4, -0.2) is 23.5 Å². The van der Waals surface area contributed by atoms with Crippen molar-refractivity contribution in [3.05, 3.63) is 130 Å². The number of benzene rings is 4. The molecule has 0 bridgehead atoms. The van der Waals surface area contributed by atoms with Gasteiger partial charge in [0.15, 0.2) is 5.11 Å². The smallest absolute Gasteiger partial charge is 0.261 e. The van der Waals surface area contributed by atoms with Gasteiger partial charge in [0.2, 0.25) is 0 Å². The van der Waals surface area contributed by atoms with Gasteiger partial charge in [0, 0.05) is 28.7 Å². The molecule has 0 unspecified atom stereocenters. The minimum Gasteiger partial charge on any atom is -0.492 e. The summed E-state index contributed by atoms with van der Waals surface area (Å²) in [6, 6.07) is 31.8. The number of hydrogen-bond acceptors (Lipinski definition) is 4. The molecule has 0 fully saturated rings. The molecule has 0 aliphatic heterocycles. The van der Waals surface area contributed by atoms with Crippen molar-refractivity contribution < 1.29 is 14.3 Å². The van der Waals surface area contributed by atoms with E-state index >= 15 is 0 Å². The summed E-state index contributed by atoms with van der Waals surface area (Å²) in [4.78, 5) is 25.6. The molecule has 0 aromatic heterocycles. The van der Waals surface area contributed by atoms with E-state index in [-0.39, 0.29) is 11.0 Å². The van der Waals surface area contributed by atoms with Gasteiger partial charge in [0.25, 0.3) is 11.8 Å². The SMILES string of the molecule is O=C(NCc1ccccc1)c1cccc(NC(=S)NC(=O)c2cc(Br)ccc2OCCc2ccccc2)c1. The lowest BCUT2D eigenvalue weighted by Gasteiger charge is -2.14. The highest BCUT2D eigenvalue weighted by atomic mass is 79.9. The van der Waals surface area contributed by atoms with E-state index in [0.717, 1.165) is 15.6 Å². The van der Waals surface area contributed by atoms with Gasteiger partial charge in [0.1, 0.15) is 5.75 Å². The number of halogens is 1. The molecule has 8 heteroatoms. The molecule has 0 aliphatic rings. The predicted molar refractivity (Wildman–Crippen MR) is 158 cm³/mol. The predicted octanol–water partition coefficient (Wildman–Crippen LogP) is 6.13. The summed E-state index contributed by atoms with van der Waals surface area (Å²) in [6.07, 6.45) is 0.715. The van der Waals surface area contributed by atoms with Crippen LogP contribution in [0, 0.1) is 0 Å². The Labute approximate surface area is 235 Å². The molecule has 0 heterocycles. The van der Waals surface area contributed by atoms with Gasteiger partial charge in [-0.25, -0.2) is 0 Å². The van der Waals surface area contributed by atoms with Crippen LogP contribution < -0.4 is 20.7 Å². The van der Waals surface area contributed by atoms with Crippen molar-refractivity contribution >= 4 is 50.8 Å². The lowest BCUT2D eigenvalue weighted by Crippen LogP contribution is -2.34. The molecule has 0 spiro atoms. The van der Waals surface area contributed by atoms with Crippen molar-refractivity contribution in [1.29, 1.82) is 0 Å². The Morgan fingerprint density at radius 1 is 0.789 bits per heavy atom. The summed E-state index contributed by atoms with van der Waals surface area (Å²) in [7, 11) is 0. The molecular weight excluding hydrogens is 562 g/mol. The third-order valence-electron chi connectivity index (χ3n) is 5.58. The summed E-state index contributed by atoms with van der Waals surface area (Å²) >= 11 is 8.78. The molecule has 0 atom stereocenters. The number of amides is 2. The Hall–Kier alpha value is -4.01. The van der Waals surface area contributed by atoms with Gasteiger partial charge in [-0.1, -0.05) is 82.7 Å². The molecule has 6 nitrogen and oxygen atoms in total. The second-order valence-electron chi connectivity index (χ2n) is 8.38. The molecule has 192 valence electrons. The van der Waals surface area contributed by atoms with Crippen molar-refractivity contribution in [2.45, 2.75) is 13.0 Å². The lowest BCUT2D eigenvalue weighted by atomic mass is 10.1. The van der Waals surface area contributed by atoms with Crippen LogP contribution in [0.1, 0.15) is 31.8 Å². The third kappa shape index (κ3) is 7.99. The number of hydrogen-bond donors (Lipinski definition) is 3. The molecule has 4 rings (SSSR count). The summed E-state index contributed by atoms with van der Waals surface area (Å²) in [5.41, 5.74) is 3.56. The van der Waals surface area contributed by atoms with Gasteiger partial charge >= 0.3 is 0 Å². The Morgan fingerprint density at radius 3 is 2.24 bits per heavy atom. The van der Waals surface area contributed by atoms with E-state index in [1.807, 2.05) is 66.7 Å². The monoisotopic (exact) mass is 587 g/mol. The van der Waals surface area contributed by atoms with Crippen LogP contribution in [0.15, 0.2) is 108 Å². The van der Waals surface area contributed by atoms with Gasteiger partial charge in [-0.3, -0.25) is 14.9 Å². The van der Waals surface area contributed by atoms with Crippen molar-refractivity contribution in [1.82, 2.24) is 10.6 Å². The second kappa shape index (κ2) is 13.5. The van der Waals surface area contributed by atoms with E-state index in [4.69, 9.17) is 17.0 Å². The Bertz CT molecular complexity index is 1410. The number of nitrogens with one attached hydrogen (secondary N) is 3. The Balaban J connectivity index is 1.34. The first-order valence-electron chi connectivity index (χ1n) is 12.0. The molecule has 0 radical (unpaired) electrons. The van der Waals surface area contributed by atoms with E-state index in [0.29, 0.717) is 42.1 Å². The fourth-order valence-corrected chi connectivity index (χ4v) is 4.25. The zero-order chi connectivity index (χ0) is 26.7. The van der Waals surface area contributed by atoms with Gasteiger partial charge < -0.3 is 15.4 Å². The average molecular weight is 589 g/mol. The maximum absolute atomic E-state index is 13.0. The van der Waals surface area contributed by atoms with Gasteiger partial charge in [-0.05, 0) is 59.7 Å². The lowest BCUT2D eigenvalue weighted by molar-refractivity contribution is 0.0948. The summed E-state index contributed by atoms with van der Waals surface area (Å²) in [5, 5.41) is 8.68. The van der Waals surface area contributed by atoms with Gasteiger partial charge in [-0.15, -0.1) is 0 Å². The second-order valence-corrected chi connectivity index (χ2v) is 9.71. The number of anilines is 1. The first-order chi connectivity index (χ1) is 18.5. The average Bonchev–Trinajstić information content (AvgIpc) is 2.93. The largest absolute Gasteiger partial charge is 0.492 e. The fraction of sp³-hybridized carbons (Fsp3) is 0.100. The summed E-state index contributed by atoms with van der Waals surface area (Å²) in [5.74, 6) is -0.157. The summed E-state index contributed by atoms with van der Waals surface area (Å²) < 4.78 is 6.67. The van der Waals surface area contributed by atoms with Crippen molar-refractivity contribution in [3.63, 3.8) is 0 Å². The van der Waals surface area contributed by atoms with Crippen molar-refractivity contribution in [2.24, 2.45) is 0 Å². The molecule has 0 saturated heterocycles. The van der Waals surface area contributed by atoms with Crippen LogP contribution in [0.4, 0.5) is 5.69 Å². The topological polar surface area (TPSA) is 79.5 Å². The third-order valence-corrected chi connectivity index (χ3v) is 6.28. The van der Waals surface area contributed by atoms with Crippen LogP contribution in [0.2, 0.25) is 0 Å². The zero-order valence-electron chi connectivity index (χ0n) is 20.4. The maximum Gasteiger partial charge on any atom is 0.261 e. The Morgan fingerprint density at radius 2 is 1.50 bits per heavy atom. The maximum atomic E-state index is 13.0. The first kappa shape index (κ1) is 27.0. The highest BCUT2D eigenvalue weighted by Crippen LogP contribution is 2.24. The number of carbonyl (C=O) groups excluding carboxylic acids is 2. The zero-order valence-corrected chi connectivity index (χ0v) is 22.8. The van der Waals surface area contributed by atoms with Crippen LogP contribution in [0.5, 0.6) is 5.75 Å². The van der Waals surface area contributed by atoms with Crippen molar-refractivity contribution in [3.8, 4) is 5.75 Å². The molecule has 2 amide bonds. The summed E-state index contributed by atoms with van der Waals surface area (Å²) in [6.45, 7) is 0.849. The van der Waals surface area contributed by atoms with Crippen LogP contribution in [0.3, 0.4) is 0 Å². The number of rotatable bonds is 9. The highest BCUT2D eigenvalue weighted by molar-refractivity contribution is 9.10. The molecule has 4 aromatic carbocycles. The van der Waals surface area contributed by atoms with E-state index in [1.165, 1.54) is 0 Å². The molecule has 3 N–H and O–H groups in total. The molecule has 4 aromatic rings. The fourth-order valence-electron chi connectivity index (χ4n) is 3.68. The van der Waals surface area contributed by atoms with Crippen molar-refractivity contribution in [2.75, 3.05) is 11.9 Å². The minimum absolute atomic E-state index is 0.104. The Kier molecular flexibility index (Phi) is 9.61. The quantitative estimate of drug-likeness (QED) is 0.205. The molecular formula is C30H26BrN3O3S. The van der Waals surface area contributed by atoms with Gasteiger partial charge in [-0.2, -0.15) is 0 Å². The van der Waals surface area contributed by atoms with Crippen LogP contribution >= 0.6 is 28.1 Å². The normalized spacial score (nSPS) is 10.3. The molecule has 0 aliphatic carbocycles. The van der Waals surface area contributed by atoms with E-state index in [1.54, 1.807) is 36.4 Å². The molecule has 0 saturated carbocycles. The molecule has 38 heavy (non-hydrogen) atoms. The highest BCUT2D eigenvalue weighted by Gasteiger charge is 2.15. The van der Waals surface area contributed by atoms with E-state index < -0.39 is 5.91 Å². The van der Waals surface area contributed by atoms with Gasteiger partial charge in [0.05, 0.1) is 12.2 Å². The number of thiocarbonyl (C=S) groups is 1. The standard InChI is InChI=1S/C30H26BrN3O3S/c31-24-14-15-27(37-17-16-21-8-3-1-4-9-21)26(19-24)29(36)34-30(38)33-25-13-7-12-23(18-25)28(35)32-20-22-10-5-2-6-11-22/h1-15,18-19H,16-17,20H2,(H,32,35)(H2,33,34,36,38). The van der Waals surface area contributed by atoms with E-state index in [2.05, 4.69) is 31.9 Å². The number of carbonyl (C=O) groups is 2. The van der Waals surface area contributed by atoms with Crippen LogP contribution in [0.25, 0.3) is 0 Å².